The maximum atomic E-state index is 12.1. The Labute approximate surface area is 127 Å². The molecule has 6 heteroatoms. The van der Waals surface area contributed by atoms with E-state index in [9.17, 15) is 4.79 Å². The fourth-order valence-corrected chi connectivity index (χ4v) is 2.29. The number of anilines is 2. The number of nitrogens with two attached hydrogens (primary N) is 1. The van der Waals surface area contributed by atoms with Crippen molar-refractivity contribution in [2.75, 3.05) is 30.9 Å². The van der Waals surface area contributed by atoms with Gasteiger partial charge in [-0.1, -0.05) is 23.2 Å². The number of carbonyl (C=O) groups is 1. The molecule has 1 amide bonds. The van der Waals surface area contributed by atoms with Gasteiger partial charge in [-0.15, -0.1) is 0 Å². The van der Waals surface area contributed by atoms with Crippen molar-refractivity contribution in [3.8, 4) is 11.8 Å². The van der Waals surface area contributed by atoms with E-state index in [0.29, 0.717) is 17.2 Å². The van der Waals surface area contributed by atoms with Crippen molar-refractivity contribution in [1.82, 2.24) is 4.98 Å². The van der Waals surface area contributed by atoms with Crippen molar-refractivity contribution >= 4 is 28.1 Å². The Morgan fingerprint density at radius 3 is 2.71 bits per heavy atom. The van der Waals surface area contributed by atoms with Gasteiger partial charge >= 0.3 is 0 Å². The third-order valence-electron chi connectivity index (χ3n) is 2.69. The number of thiazole rings is 1. The average Bonchev–Trinajstić information content (AvgIpc) is 2.92. The second-order valence-corrected chi connectivity index (χ2v) is 5.46. The van der Waals surface area contributed by atoms with Crippen LogP contribution in [0.1, 0.15) is 15.2 Å². The van der Waals surface area contributed by atoms with Crippen molar-refractivity contribution in [3.05, 3.63) is 40.9 Å². The van der Waals surface area contributed by atoms with Crippen molar-refractivity contribution in [2.24, 2.45) is 5.73 Å². The number of nitrogens with zero attached hydrogens (tertiary/aromatic N) is 2. The second-order valence-electron chi connectivity index (χ2n) is 4.43. The lowest BCUT2D eigenvalue weighted by atomic mass is 10.2. The Kier molecular flexibility index (Phi) is 4.93. The highest BCUT2D eigenvalue weighted by molar-refractivity contribution is 7.16. The van der Waals surface area contributed by atoms with Gasteiger partial charge in [0, 0.05) is 25.3 Å². The van der Waals surface area contributed by atoms with E-state index < -0.39 is 0 Å². The zero-order valence-corrected chi connectivity index (χ0v) is 12.7. The Morgan fingerprint density at radius 2 is 2.10 bits per heavy atom. The summed E-state index contributed by atoms with van der Waals surface area (Å²) >= 11 is 1.32. The smallest absolute Gasteiger partial charge is 0.257 e. The maximum absolute atomic E-state index is 12.1. The molecule has 2 rings (SSSR count). The minimum absolute atomic E-state index is 0.187. The summed E-state index contributed by atoms with van der Waals surface area (Å²) in [4.78, 5) is 19.0. The second kappa shape index (κ2) is 6.88. The molecule has 3 N–H and O–H groups in total. The van der Waals surface area contributed by atoms with Gasteiger partial charge in [0.2, 0.25) is 0 Å². The maximum Gasteiger partial charge on any atom is 0.257 e. The summed E-state index contributed by atoms with van der Waals surface area (Å²) in [6.45, 7) is 0.303. The molecular formula is C15H16N4OS. The van der Waals surface area contributed by atoms with Crippen molar-refractivity contribution in [2.45, 2.75) is 0 Å². The number of amides is 1. The highest BCUT2D eigenvalue weighted by Crippen LogP contribution is 2.18. The number of hydrogen-bond donors (Lipinski definition) is 2. The van der Waals surface area contributed by atoms with Gasteiger partial charge in [-0.3, -0.25) is 10.1 Å². The van der Waals surface area contributed by atoms with E-state index in [1.54, 1.807) is 18.3 Å². The van der Waals surface area contributed by atoms with Crippen LogP contribution in [-0.4, -0.2) is 31.5 Å². The van der Waals surface area contributed by atoms with Crippen LogP contribution in [-0.2, 0) is 0 Å². The van der Waals surface area contributed by atoms with Crippen molar-refractivity contribution in [1.29, 1.82) is 0 Å². The topological polar surface area (TPSA) is 71.2 Å². The standard InChI is InChI=1S/C15H16N4OS/c1-19(2)12-7-5-11(6-8-12)14(20)18-15-17-10-13(21-15)4-3-9-16/h5-8,10H,9,16H2,1-2H3,(H,17,18,20). The Balaban J connectivity index is 2.05. The first-order valence-electron chi connectivity index (χ1n) is 6.33. The van der Waals surface area contributed by atoms with Crippen LogP contribution in [0, 0.1) is 11.8 Å². The van der Waals surface area contributed by atoms with Gasteiger partial charge in [0.05, 0.1) is 17.6 Å². The third-order valence-corrected chi connectivity index (χ3v) is 3.51. The summed E-state index contributed by atoms with van der Waals surface area (Å²) in [5.41, 5.74) is 6.94. The summed E-state index contributed by atoms with van der Waals surface area (Å²) in [6.07, 6.45) is 1.62. The first kappa shape index (κ1) is 15.0. The lowest BCUT2D eigenvalue weighted by Gasteiger charge is -2.12. The summed E-state index contributed by atoms with van der Waals surface area (Å²) in [5.74, 6) is 5.45. The highest BCUT2D eigenvalue weighted by atomic mass is 32.1. The lowest BCUT2D eigenvalue weighted by molar-refractivity contribution is 0.102. The quantitative estimate of drug-likeness (QED) is 0.848. The van der Waals surface area contributed by atoms with Crippen LogP contribution < -0.4 is 16.0 Å². The van der Waals surface area contributed by atoms with Gasteiger partial charge in [-0.25, -0.2) is 4.98 Å². The van der Waals surface area contributed by atoms with Gasteiger partial charge in [0.15, 0.2) is 5.13 Å². The average molecular weight is 300 g/mol. The van der Waals surface area contributed by atoms with Gasteiger partial charge in [0.25, 0.3) is 5.91 Å². The molecule has 1 aromatic heterocycles. The largest absolute Gasteiger partial charge is 0.378 e. The lowest BCUT2D eigenvalue weighted by Crippen LogP contribution is -2.12. The first-order valence-corrected chi connectivity index (χ1v) is 7.15. The number of hydrogen-bond acceptors (Lipinski definition) is 5. The molecule has 0 spiro atoms. The SMILES string of the molecule is CN(C)c1ccc(C(=O)Nc2ncc(C#CCN)s2)cc1. The molecule has 0 aliphatic carbocycles. The fourth-order valence-electron chi connectivity index (χ4n) is 1.61. The Bertz CT molecular complexity index is 680. The molecule has 1 aromatic carbocycles. The number of carbonyl (C=O) groups excluding carboxylic acids is 1. The monoisotopic (exact) mass is 300 g/mol. The van der Waals surface area contributed by atoms with Crippen LogP contribution >= 0.6 is 11.3 Å². The van der Waals surface area contributed by atoms with Crippen molar-refractivity contribution < 1.29 is 4.79 Å². The summed E-state index contributed by atoms with van der Waals surface area (Å²) in [7, 11) is 3.91. The van der Waals surface area contributed by atoms with E-state index in [4.69, 9.17) is 5.73 Å². The van der Waals surface area contributed by atoms with Crippen LogP contribution in [0.3, 0.4) is 0 Å². The highest BCUT2D eigenvalue weighted by Gasteiger charge is 2.08. The minimum Gasteiger partial charge on any atom is -0.378 e. The molecule has 0 aliphatic rings. The molecule has 0 saturated carbocycles. The molecule has 0 atom stereocenters. The predicted molar refractivity (Wildman–Crippen MR) is 86.8 cm³/mol. The van der Waals surface area contributed by atoms with E-state index in [2.05, 4.69) is 22.1 Å². The number of benzene rings is 1. The molecule has 0 fully saturated rings. The third kappa shape index (κ3) is 4.05. The summed E-state index contributed by atoms with van der Waals surface area (Å²) in [5, 5.41) is 3.29. The van der Waals surface area contributed by atoms with Gasteiger partial charge < -0.3 is 10.6 Å². The molecule has 21 heavy (non-hydrogen) atoms. The molecule has 0 saturated heterocycles. The van der Waals surface area contributed by atoms with Crippen LogP contribution in [0.25, 0.3) is 0 Å². The van der Waals surface area contributed by atoms with E-state index >= 15 is 0 Å². The molecule has 0 aliphatic heterocycles. The van der Waals surface area contributed by atoms with E-state index in [-0.39, 0.29) is 5.91 Å². The zero-order valence-electron chi connectivity index (χ0n) is 11.9. The summed E-state index contributed by atoms with van der Waals surface area (Å²) in [6, 6.07) is 7.37. The van der Waals surface area contributed by atoms with E-state index in [0.717, 1.165) is 10.6 Å². The molecule has 0 unspecified atom stereocenters. The van der Waals surface area contributed by atoms with Gasteiger partial charge in [-0.05, 0) is 24.3 Å². The molecule has 0 radical (unpaired) electrons. The van der Waals surface area contributed by atoms with Gasteiger partial charge in [0.1, 0.15) is 0 Å². The van der Waals surface area contributed by atoms with Crippen LogP contribution in [0.5, 0.6) is 0 Å². The Hall–Kier alpha value is -2.36. The molecule has 108 valence electrons. The fraction of sp³-hybridized carbons (Fsp3) is 0.200. The molecule has 1 heterocycles. The number of nitrogens with one attached hydrogen (secondary N) is 1. The normalized spacial score (nSPS) is 9.67. The molecule has 2 aromatic rings. The van der Waals surface area contributed by atoms with Crippen molar-refractivity contribution in [3.63, 3.8) is 0 Å². The molecular weight excluding hydrogens is 284 g/mol. The van der Waals surface area contributed by atoms with Crippen LogP contribution in [0.4, 0.5) is 10.8 Å². The number of aromatic nitrogens is 1. The van der Waals surface area contributed by atoms with Crippen LogP contribution in [0.15, 0.2) is 30.5 Å². The predicted octanol–water partition coefficient (Wildman–Crippen LogP) is 1.77. The van der Waals surface area contributed by atoms with Crippen LogP contribution in [0.2, 0.25) is 0 Å². The van der Waals surface area contributed by atoms with E-state index in [1.165, 1.54) is 11.3 Å². The first-order chi connectivity index (χ1) is 10.1. The molecule has 0 bridgehead atoms. The summed E-state index contributed by atoms with van der Waals surface area (Å²) < 4.78 is 0. The number of rotatable bonds is 3. The minimum atomic E-state index is -0.187. The zero-order chi connectivity index (χ0) is 15.2. The van der Waals surface area contributed by atoms with Gasteiger partial charge in [-0.2, -0.15) is 0 Å². The Morgan fingerprint density at radius 1 is 1.38 bits per heavy atom. The van der Waals surface area contributed by atoms with E-state index in [1.807, 2.05) is 31.1 Å². The molecule has 5 nitrogen and oxygen atoms in total.